The number of hydrogen-bond donors (Lipinski definition) is 2. The third-order valence-corrected chi connectivity index (χ3v) is 3.76. The van der Waals surface area contributed by atoms with E-state index < -0.39 is 22.9 Å². The maximum absolute atomic E-state index is 12.2. The molecule has 26 heavy (non-hydrogen) atoms. The first-order chi connectivity index (χ1) is 12.2. The van der Waals surface area contributed by atoms with E-state index >= 15 is 0 Å². The summed E-state index contributed by atoms with van der Waals surface area (Å²) in [7, 11) is 0. The maximum atomic E-state index is 12.2. The summed E-state index contributed by atoms with van der Waals surface area (Å²) in [6, 6.07) is 8.96. The number of nitro groups is 1. The number of amides is 1. The standard InChI is InChI=1S/C18H19N3O5/c1-10-4-7-16(11(2)8-10)20-17(22)12(3)26-18(23)14-6-5-13(21(24)25)9-15(14)19/h4-9,12H,19H2,1-3H3,(H,20,22)/t12-/m1/s1. The first-order valence-corrected chi connectivity index (χ1v) is 7.82. The Kier molecular flexibility index (Phi) is 5.56. The molecule has 0 aliphatic carbocycles. The van der Waals surface area contributed by atoms with Crippen LogP contribution in [0.2, 0.25) is 0 Å². The Morgan fingerprint density at radius 1 is 1.19 bits per heavy atom. The summed E-state index contributed by atoms with van der Waals surface area (Å²) >= 11 is 0. The smallest absolute Gasteiger partial charge is 0.341 e. The van der Waals surface area contributed by atoms with Crippen LogP contribution in [0.4, 0.5) is 17.1 Å². The van der Waals surface area contributed by atoms with Crippen LogP contribution in [0.15, 0.2) is 36.4 Å². The molecule has 0 radical (unpaired) electrons. The molecule has 0 fully saturated rings. The van der Waals surface area contributed by atoms with E-state index in [0.29, 0.717) is 5.69 Å². The quantitative estimate of drug-likeness (QED) is 0.367. The van der Waals surface area contributed by atoms with Gasteiger partial charge in [0.2, 0.25) is 0 Å². The lowest BCUT2D eigenvalue weighted by Crippen LogP contribution is -2.30. The highest BCUT2D eigenvalue weighted by Crippen LogP contribution is 2.21. The molecule has 1 atom stereocenters. The summed E-state index contributed by atoms with van der Waals surface area (Å²) in [5.41, 5.74) is 7.87. The molecule has 0 unspecified atom stereocenters. The van der Waals surface area contributed by atoms with Gasteiger partial charge in [0, 0.05) is 17.8 Å². The Morgan fingerprint density at radius 2 is 1.88 bits per heavy atom. The van der Waals surface area contributed by atoms with Crippen molar-refractivity contribution in [2.75, 3.05) is 11.1 Å². The highest BCUT2D eigenvalue weighted by atomic mass is 16.6. The zero-order valence-corrected chi connectivity index (χ0v) is 14.6. The van der Waals surface area contributed by atoms with E-state index in [9.17, 15) is 19.7 Å². The van der Waals surface area contributed by atoms with E-state index in [4.69, 9.17) is 10.5 Å². The molecule has 0 aromatic heterocycles. The summed E-state index contributed by atoms with van der Waals surface area (Å²) in [4.78, 5) is 34.5. The van der Waals surface area contributed by atoms with Crippen molar-refractivity contribution < 1.29 is 19.2 Å². The van der Waals surface area contributed by atoms with Gasteiger partial charge in [0.25, 0.3) is 11.6 Å². The van der Waals surface area contributed by atoms with Crippen LogP contribution >= 0.6 is 0 Å². The fourth-order valence-corrected chi connectivity index (χ4v) is 2.32. The number of nitrogen functional groups attached to an aromatic ring is 1. The lowest BCUT2D eigenvalue weighted by molar-refractivity contribution is -0.384. The number of benzene rings is 2. The minimum Gasteiger partial charge on any atom is -0.449 e. The lowest BCUT2D eigenvalue weighted by Gasteiger charge is -2.15. The summed E-state index contributed by atoms with van der Waals surface area (Å²) in [5, 5.41) is 13.4. The highest BCUT2D eigenvalue weighted by Gasteiger charge is 2.22. The Hall–Kier alpha value is -3.42. The normalized spacial score (nSPS) is 11.5. The number of anilines is 2. The van der Waals surface area contributed by atoms with Crippen molar-refractivity contribution in [3.8, 4) is 0 Å². The number of rotatable bonds is 5. The average molecular weight is 357 g/mol. The molecule has 0 heterocycles. The summed E-state index contributed by atoms with van der Waals surface area (Å²) in [6.07, 6.45) is -1.07. The van der Waals surface area contributed by atoms with Gasteiger partial charge in [-0.1, -0.05) is 17.7 Å². The van der Waals surface area contributed by atoms with Gasteiger partial charge in [-0.25, -0.2) is 4.79 Å². The van der Waals surface area contributed by atoms with Gasteiger partial charge in [-0.15, -0.1) is 0 Å². The molecule has 2 aromatic rings. The van der Waals surface area contributed by atoms with Crippen molar-refractivity contribution in [1.29, 1.82) is 0 Å². The molecule has 8 nitrogen and oxygen atoms in total. The minimum atomic E-state index is -1.07. The monoisotopic (exact) mass is 357 g/mol. The van der Waals surface area contributed by atoms with E-state index in [0.717, 1.165) is 23.3 Å². The van der Waals surface area contributed by atoms with Crippen molar-refractivity contribution in [2.45, 2.75) is 26.9 Å². The molecule has 0 aliphatic rings. The van der Waals surface area contributed by atoms with Gasteiger partial charge in [0.05, 0.1) is 16.2 Å². The number of hydrogen-bond acceptors (Lipinski definition) is 6. The molecule has 0 saturated heterocycles. The van der Waals surface area contributed by atoms with Gasteiger partial charge in [-0.2, -0.15) is 0 Å². The Morgan fingerprint density at radius 3 is 2.46 bits per heavy atom. The Bertz CT molecular complexity index is 879. The van der Waals surface area contributed by atoms with E-state index in [2.05, 4.69) is 5.32 Å². The van der Waals surface area contributed by atoms with Gasteiger partial charge < -0.3 is 15.8 Å². The zero-order valence-electron chi connectivity index (χ0n) is 14.6. The van der Waals surface area contributed by atoms with Crippen LogP contribution in [0.25, 0.3) is 0 Å². The van der Waals surface area contributed by atoms with Gasteiger partial charge in [-0.3, -0.25) is 14.9 Å². The summed E-state index contributed by atoms with van der Waals surface area (Å²) < 4.78 is 5.11. The first kappa shape index (κ1) is 18.9. The topological polar surface area (TPSA) is 125 Å². The molecule has 0 spiro atoms. The number of esters is 1. The number of nitro benzene ring substituents is 1. The van der Waals surface area contributed by atoms with Crippen LogP contribution < -0.4 is 11.1 Å². The predicted octanol–water partition coefficient (Wildman–Crippen LogP) is 2.98. The largest absolute Gasteiger partial charge is 0.449 e. The molecule has 8 heteroatoms. The van der Waals surface area contributed by atoms with Gasteiger partial charge in [0.15, 0.2) is 6.10 Å². The van der Waals surface area contributed by atoms with Crippen LogP contribution in [0.3, 0.4) is 0 Å². The van der Waals surface area contributed by atoms with Gasteiger partial charge in [-0.05, 0) is 38.5 Å². The zero-order chi connectivity index (χ0) is 19.4. The lowest BCUT2D eigenvalue weighted by atomic mass is 10.1. The number of aryl methyl sites for hydroxylation is 2. The second-order valence-electron chi connectivity index (χ2n) is 5.88. The first-order valence-electron chi connectivity index (χ1n) is 7.82. The van der Waals surface area contributed by atoms with Crippen LogP contribution in [0, 0.1) is 24.0 Å². The second kappa shape index (κ2) is 7.64. The molecule has 0 aliphatic heterocycles. The van der Waals surface area contributed by atoms with Crippen molar-refractivity contribution >= 4 is 28.9 Å². The molecule has 3 N–H and O–H groups in total. The maximum Gasteiger partial charge on any atom is 0.341 e. The molecule has 2 aromatic carbocycles. The number of nitrogens with two attached hydrogens (primary N) is 1. The minimum absolute atomic E-state index is 0.0400. The fourth-order valence-electron chi connectivity index (χ4n) is 2.32. The number of ether oxygens (including phenoxy) is 1. The number of nitrogens with zero attached hydrogens (tertiary/aromatic N) is 1. The predicted molar refractivity (Wildman–Crippen MR) is 96.9 cm³/mol. The number of carbonyl (C=O) groups excluding carboxylic acids is 2. The van der Waals surface area contributed by atoms with E-state index in [1.807, 2.05) is 26.0 Å². The molecule has 0 bridgehead atoms. The third kappa shape index (κ3) is 4.35. The van der Waals surface area contributed by atoms with Crippen LogP contribution in [0.5, 0.6) is 0 Å². The van der Waals surface area contributed by atoms with Crippen LogP contribution in [-0.2, 0) is 9.53 Å². The number of non-ortho nitro benzene ring substituents is 1. The number of carbonyl (C=O) groups is 2. The van der Waals surface area contributed by atoms with Crippen LogP contribution in [-0.4, -0.2) is 22.9 Å². The number of nitrogens with one attached hydrogen (secondary N) is 1. The molecular weight excluding hydrogens is 338 g/mol. The average Bonchev–Trinajstić information content (AvgIpc) is 2.56. The molecule has 136 valence electrons. The van der Waals surface area contributed by atoms with Crippen molar-refractivity contribution in [1.82, 2.24) is 0 Å². The SMILES string of the molecule is Cc1ccc(NC(=O)[C@@H](C)OC(=O)c2ccc([N+](=O)[O-])cc2N)c(C)c1. The molecule has 0 saturated carbocycles. The van der Waals surface area contributed by atoms with Crippen molar-refractivity contribution in [3.63, 3.8) is 0 Å². The fraction of sp³-hybridized carbons (Fsp3) is 0.222. The third-order valence-electron chi connectivity index (χ3n) is 3.76. The summed E-state index contributed by atoms with van der Waals surface area (Å²) in [5.74, 6) is -1.33. The van der Waals surface area contributed by atoms with Crippen LogP contribution in [0.1, 0.15) is 28.4 Å². The van der Waals surface area contributed by atoms with Crippen molar-refractivity contribution in [3.05, 3.63) is 63.2 Å². The molecule has 1 amide bonds. The molecule has 2 rings (SSSR count). The van der Waals surface area contributed by atoms with E-state index in [-0.39, 0.29) is 16.9 Å². The van der Waals surface area contributed by atoms with Gasteiger partial charge >= 0.3 is 5.97 Å². The van der Waals surface area contributed by atoms with Crippen molar-refractivity contribution in [2.24, 2.45) is 0 Å². The summed E-state index contributed by atoms with van der Waals surface area (Å²) in [6.45, 7) is 5.23. The van der Waals surface area contributed by atoms with E-state index in [1.165, 1.54) is 13.0 Å². The Balaban J connectivity index is 2.06. The molecular formula is C18H19N3O5. The van der Waals surface area contributed by atoms with E-state index in [1.54, 1.807) is 6.07 Å². The Labute approximate surface area is 150 Å². The van der Waals surface area contributed by atoms with Gasteiger partial charge in [0.1, 0.15) is 0 Å². The highest BCUT2D eigenvalue weighted by molar-refractivity contribution is 5.99. The second-order valence-corrected chi connectivity index (χ2v) is 5.88.